The number of rotatable bonds is 4. The third-order valence-electron chi connectivity index (χ3n) is 5.06. The minimum absolute atomic E-state index is 0.00824. The fourth-order valence-electron chi connectivity index (χ4n) is 3.36. The molecule has 3 heterocycles. The number of aliphatic carboxylic acids is 1. The summed E-state index contributed by atoms with van der Waals surface area (Å²) >= 11 is 1.37. The lowest BCUT2D eigenvalue weighted by atomic mass is 9.76. The summed E-state index contributed by atoms with van der Waals surface area (Å²) in [5.41, 5.74) is -0.836. The summed E-state index contributed by atoms with van der Waals surface area (Å²) in [6.45, 7) is 5.31. The van der Waals surface area contributed by atoms with Crippen molar-refractivity contribution in [3.63, 3.8) is 0 Å². The predicted molar refractivity (Wildman–Crippen MR) is 85.5 cm³/mol. The molecule has 0 bridgehead atoms. The molecule has 0 radical (unpaired) electrons. The molecule has 2 saturated heterocycles. The van der Waals surface area contributed by atoms with Gasteiger partial charge in [0.15, 0.2) is 0 Å². The summed E-state index contributed by atoms with van der Waals surface area (Å²) < 4.78 is 5.60. The standard InChI is InChI=1S/C16H22N2O4S/c1-10(2)16(15(20)21)5-6-18(9-16)14(19)12-8-17-13(23-12)11-4-3-7-22-11/h8,10-11H,3-7,9H2,1-2H3,(H,20,21). The van der Waals surface area contributed by atoms with Crippen molar-refractivity contribution in [3.05, 3.63) is 16.1 Å². The van der Waals surface area contributed by atoms with Gasteiger partial charge in [0.05, 0.1) is 11.6 Å². The van der Waals surface area contributed by atoms with Crippen LogP contribution in [-0.4, -0.2) is 46.6 Å². The van der Waals surface area contributed by atoms with Gasteiger partial charge in [-0.15, -0.1) is 11.3 Å². The molecule has 0 aliphatic carbocycles. The molecule has 2 aliphatic heterocycles. The Kier molecular flexibility index (Phi) is 4.42. The number of amides is 1. The van der Waals surface area contributed by atoms with Crippen LogP contribution in [-0.2, 0) is 9.53 Å². The molecule has 1 N–H and O–H groups in total. The smallest absolute Gasteiger partial charge is 0.311 e. The maximum atomic E-state index is 12.7. The lowest BCUT2D eigenvalue weighted by Crippen LogP contribution is -2.40. The number of carboxylic acid groups (broad SMARTS) is 1. The zero-order valence-corrected chi connectivity index (χ0v) is 14.3. The van der Waals surface area contributed by atoms with Gasteiger partial charge in [-0.2, -0.15) is 0 Å². The molecule has 2 unspecified atom stereocenters. The van der Waals surface area contributed by atoms with E-state index in [1.54, 1.807) is 11.1 Å². The van der Waals surface area contributed by atoms with Gasteiger partial charge in [-0.1, -0.05) is 13.8 Å². The van der Waals surface area contributed by atoms with Crippen molar-refractivity contribution in [2.45, 2.75) is 39.2 Å². The van der Waals surface area contributed by atoms with Gasteiger partial charge in [-0.3, -0.25) is 9.59 Å². The van der Waals surface area contributed by atoms with E-state index in [1.165, 1.54) is 11.3 Å². The lowest BCUT2D eigenvalue weighted by Gasteiger charge is -2.28. The Morgan fingerprint density at radius 1 is 1.52 bits per heavy atom. The van der Waals surface area contributed by atoms with Crippen molar-refractivity contribution in [3.8, 4) is 0 Å². The van der Waals surface area contributed by atoms with Gasteiger partial charge in [-0.25, -0.2) is 4.98 Å². The van der Waals surface area contributed by atoms with Crippen LogP contribution in [0.1, 0.15) is 53.9 Å². The molecular formula is C16H22N2O4S. The molecule has 2 aliphatic rings. The average Bonchev–Trinajstić information content (AvgIpc) is 3.25. The number of nitrogens with zero attached hydrogens (tertiary/aromatic N) is 2. The zero-order chi connectivity index (χ0) is 16.6. The highest BCUT2D eigenvalue weighted by molar-refractivity contribution is 7.13. The first-order valence-electron chi connectivity index (χ1n) is 8.04. The SMILES string of the molecule is CC(C)C1(C(=O)O)CCN(C(=O)c2cnc(C3CCCO3)s2)C1. The second-order valence-corrected chi connectivity index (χ2v) is 7.72. The number of aromatic nitrogens is 1. The van der Waals surface area contributed by atoms with Crippen molar-refractivity contribution in [2.24, 2.45) is 11.3 Å². The monoisotopic (exact) mass is 338 g/mol. The number of carboxylic acids is 1. The fraction of sp³-hybridized carbons (Fsp3) is 0.688. The van der Waals surface area contributed by atoms with Gasteiger partial charge in [0.1, 0.15) is 16.0 Å². The van der Waals surface area contributed by atoms with Crippen LogP contribution in [0, 0.1) is 11.3 Å². The molecule has 1 aromatic rings. The van der Waals surface area contributed by atoms with E-state index >= 15 is 0 Å². The summed E-state index contributed by atoms with van der Waals surface area (Å²) in [5, 5.41) is 10.4. The van der Waals surface area contributed by atoms with E-state index in [0.29, 0.717) is 17.8 Å². The Labute approximate surface area is 139 Å². The molecule has 0 spiro atoms. The molecule has 1 aromatic heterocycles. The summed E-state index contributed by atoms with van der Waals surface area (Å²) in [6.07, 6.45) is 4.08. The van der Waals surface area contributed by atoms with Crippen LogP contribution in [0.2, 0.25) is 0 Å². The lowest BCUT2D eigenvalue weighted by molar-refractivity contribution is -0.150. The van der Waals surface area contributed by atoms with Crippen LogP contribution in [0.15, 0.2) is 6.20 Å². The maximum Gasteiger partial charge on any atom is 0.311 e. The minimum Gasteiger partial charge on any atom is -0.481 e. The van der Waals surface area contributed by atoms with Crippen LogP contribution >= 0.6 is 11.3 Å². The van der Waals surface area contributed by atoms with Crippen molar-refractivity contribution in [1.82, 2.24) is 9.88 Å². The fourth-order valence-corrected chi connectivity index (χ4v) is 4.33. The first kappa shape index (κ1) is 16.4. The third kappa shape index (κ3) is 2.87. The highest BCUT2D eigenvalue weighted by Crippen LogP contribution is 2.39. The Morgan fingerprint density at radius 3 is 2.87 bits per heavy atom. The van der Waals surface area contributed by atoms with Gasteiger partial charge in [0, 0.05) is 19.7 Å². The minimum atomic E-state index is -0.836. The maximum absolute atomic E-state index is 12.7. The first-order valence-corrected chi connectivity index (χ1v) is 8.85. The van der Waals surface area contributed by atoms with Gasteiger partial charge >= 0.3 is 5.97 Å². The zero-order valence-electron chi connectivity index (χ0n) is 13.4. The van der Waals surface area contributed by atoms with Crippen LogP contribution in [0.5, 0.6) is 0 Å². The van der Waals surface area contributed by atoms with Gasteiger partial charge in [0.2, 0.25) is 0 Å². The normalized spacial score (nSPS) is 27.8. The van der Waals surface area contributed by atoms with Gasteiger partial charge < -0.3 is 14.7 Å². The highest BCUT2D eigenvalue weighted by Gasteiger charge is 2.48. The van der Waals surface area contributed by atoms with Crippen molar-refractivity contribution in [2.75, 3.05) is 19.7 Å². The van der Waals surface area contributed by atoms with E-state index in [1.807, 2.05) is 13.8 Å². The van der Waals surface area contributed by atoms with Crippen LogP contribution < -0.4 is 0 Å². The topological polar surface area (TPSA) is 79.7 Å². The van der Waals surface area contributed by atoms with E-state index in [-0.39, 0.29) is 24.5 Å². The second kappa shape index (κ2) is 6.20. The summed E-state index contributed by atoms with van der Waals surface area (Å²) in [7, 11) is 0. The van der Waals surface area contributed by atoms with E-state index in [0.717, 1.165) is 24.5 Å². The van der Waals surface area contributed by atoms with E-state index in [9.17, 15) is 14.7 Å². The molecule has 2 fully saturated rings. The Balaban J connectivity index is 1.73. The number of carbonyl (C=O) groups is 2. The number of carbonyl (C=O) groups excluding carboxylic acids is 1. The third-order valence-corrected chi connectivity index (χ3v) is 6.14. The molecule has 126 valence electrons. The number of thiazole rings is 1. The highest BCUT2D eigenvalue weighted by atomic mass is 32.1. The van der Waals surface area contributed by atoms with Crippen LogP contribution in [0.4, 0.5) is 0 Å². The number of hydrogen-bond donors (Lipinski definition) is 1. The van der Waals surface area contributed by atoms with Crippen molar-refractivity contribution >= 4 is 23.2 Å². The summed E-state index contributed by atoms with van der Waals surface area (Å²) in [4.78, 5) is 30.9. The quantitative estimate of drug-likeness (QED) is 0.913. The molecule has 2 atom stereocenters. The largest absolute Gasteiger partial charge is 0.481 e. The molecule has 3 rings (SSSR count). The summed E-state index contributed by atoms with van der Waals surface area (Å²) in [6, 6.07) is 0. The summed E-state index contributed by atoms with van der Waals surface area (Å²) in [5.74, 6) is -0.940. The van der Waals surface area contributed by atoms with Gasteiger partial charge in [0.25, 0.3) is 5.91 Å². The molecule has 0 saturated carbocycles. The number of hydrogen-bond acceptors (Lipinski definition) is 5. The Hall–Kier alpha value is -1.47. The second-order valence-electron chi connectivity index (χ2n) is 6.66. The van der Waals surface area contributed by atoms with Crippen molar-refractivity contribution in [1.29, 1.82) is 0 Å². The Morgan fingerprint density at radius 2 is 2.30 bits per heavy atom. The molecular weight excluding hydrogens is 316 g/mol. The first-order chi connectivity index (χ1) is 10.9. The average molecular weight is 338 g/mol. The Bertz CT molecular complexity index is 609. The van der Waals surface area contributed by atoms with E-state index in [4.69, 9.17) is 4.74 Å². The number of ether oxygens (including phenoxy) is 1. The van der Waals surface area contributed by atoms with Gasteiger partial charge in [-0.05, 0) is 25.2 Å². The van der Waals surface area contributed by atoms with Crippen LogP contribution in [0.3, 0.4) is 0 Å². The molecule has 6 nitrogen and oxygen atoms in total. The van der Waals surface area contributed by atoms with E-state index in [2.05, 4.69) is 4.98 Å². The van der Waals surface area contributed by atoms with Crippen molar-refractivity contribution < 1.29 is 19.4 Å². The predicted octanol–water partition coefficient (Wildman–Crippen LogP) is 2.57. The molecule has 1 amide bonds. The molecule has 23 heavy (non-hydrogen) atoms. The molecule has 7 heteroatoms. The van der Waals surface area contributed by atoms with Crippen LogP contribution in [0.25, 0.3) is 0 Å². The van der Waals surface area contributed by atoms with E-state index < -0.39 is 11.4 Å². The molecule has 0 aromatic carbocycles. The number of likely N-dealkylation sites (tertiary alicyclic amines) is 1.